The minimum absolute atomic E-state index is 0.308. The molecule has 0 atom stereocenters. The second kappa shape index (κ2) is 9.49. The highest BCUT2D eigenvalue weighted by Gasteiger charge is 2.58. The van der Waals surface area contributed by atoms with E-state index in [0.29, 0.717) is 18.6 Å². The Morgan fingerprint density at radius 2 is 1.69 bits per heavy atom. The minimum Gasteiger partial charge on any atom is -0.434 e. The van der Waals surface area contributed by atoms with Crippen LogP contribution < -0.4 is 5.32 Å². The molecule has 1 rings (SSSR count). The van der Waals surface area contributed by atoms with Gasteiger partial charge in [0.05, 0.1) is 16.1 Å². The zero-order chi connectivity index (χ0) is 22.4. The van der Waals surface area contributed by atoms with Crippen LogP contribution in [-0.4, -0.2) is 33.8 Å². The van der Waals surface area contributed by atoms with Crippen molar-refractivity contribution in [3.05, 3.63) is 44.7 Å². The number of rotatable bonds is 9. The number of ether oxygens (including phenoxy) is 1. The summed E-state index contributed by atoms with van der Waals surface area (Å²) in [5, 5.41) is 19.1. The number of alkyl halides is 5. The topological polar surface area (TPSA) is 125 Å². The number of nitro groups is 2. The number of thioether (sulfide) groups is 1. The summed E-state index contributed by atoms with van der Waals surface area (Å²) in [5.74, 6) is -0.986. The van der Waals surface area contributed by atoms with E-state index in [1.165, 1.54) is 6.08 Å². The van der Waals surface area contributed by atoms with Crippen LogP contribution in [-0.2, 0) is 9.53 Å². The van der Waals surface area contributed by atoms with Crippen molar-refractivity contribution in [1.82, 2.24) is 0 Å². The standard InChI is InChI=1S/C14H12F5N3O6S/c1-2-3-4-28-11(23)7-20-12-9(21(24)25)5-8(6-10(12)22(26)27)29-14(18,19)13(15,16)17/h3-6,20H,2,7H2,1H3. The van der Waals surface area contributed by atoms with E-state index in [9.17, 15) is 47.0 Å². The molecular formula is C14H12F5N3O6S. The van der Waals surface area contributed by atoms with E-state index in [-0.39, 0.29) is 0 Å². The third-order valence-corrected chi connectivity index (χ3v) is 3.94. The second-order valence-electron chi connectivity index (χ2n) is 5.09. The lowest BCUT2D eigenvalue weighted by molar-refractivity contribution is -0.392. The van der Waals surface area contributed by atoms with Crippen LogP contribution in [0.3, 0.4) is 0 Å². The molecule has 0 amide bonds. The molecule has 0 bridgehead atoms. The van der Waals surface area contributed by atoms with Crippen LogP contribution in [0, 0.1) is 20.2 Å². The van der Waals surface area contributed by atoms with Gasteiger partial charge in [-0.1, -0.05) is 6.92 Å². The van der Waals surface area contributed by atoms with E-state index in [2.05, 4.69) is 10.1 Å². The largest absolute Gasteiger partial charge is 0.464 e. The summed E-state index contributed by atoms with van der Waals surface area (Å²) in [5.41, 5.74) is -3.19. The quantitative estimate of drug-likeness (QED) is 0.146. The van der Waals surface area contributed by atoms with E-state index in [0.717, 1.165) is 6.26 Å². The monoisotopic (exact) mass is 445 g/mol. The number of carbonyl (C=O) groups is 1. The fraction of sp³-hybridized carbons (Fsp3) is 0.357. The first-order chi connectivity index (χ1) is 13.3. The van der Waals surface area contributed by atoms with E-state index in [1.54, 1.807) is 6.92 Å². The Bertz CT molecular complexity index is 795. The highest BCUT2D eigenvalue weighted by atomic mass is 32.2. The van der Waals surface area contributed by atoms with Crippen molar-refractivity contribution in [2.45, 2.75) is 29.7 Å². The highest BCUT2D eigenvalue weighted by molar-refractivity contribution is 8.00. The van der Waals surface area contributed by atoms with Gasteiger partial charge in [-0.25, -0.2) is 4.79 Å². The van der Waals surface area contributed by atoms with Gasteiger partial charge < -0.3 is 10.1 Å². The molecule has 0 aromatic heterocycles. The number of anilines is 1. The van der Waals surface area contributed by atoms with Crippen LogP contribution in [0.5, 0.6) is 0 Å². The van der Waals surface area contributed by atoms with E-state index >= 15 is 0 Å². The van der Waals surface area contributed by atoms with Crippen molar-refractivity contribution in [2.75, 3.05) is 11.9 Å². The van der Waals surface area contributed by atoms with Crippen LogP contribution in [0.1, 0.15) is 13.3 Å². The Balaban J connectivity index is 3.29. The number of nitro benzene ring substituents is 2. The van der Waals surface area contributed by atoms with Gasteiger partial charge in [-0.15, -0.1) is 0 Å². The molecule has 1 aromatic carbocycles. The highest BCUT2D eigenvalue weighted by Crippen LogP contribution is 2.49. The maximum Gasteiger partial charge on any atom is 0.464 e. The normalized spacial score (nSPS) is 12.1. The molecule has 0 unspecified atom stereocenters. The summed E-state index contributed by atoms with van der Waals surface area (Å²) in [6.45, 7) is 0.956. The number of esters is 1. The van der Waals surface area contributed by atoms with Gasteiger partial charge in [-0.05, 0) is 24.3 Å². The van der Waals surface area contributed by atoms with E-state index < -0.39 is 67.5 Å². The Morgan fingerprint density at radius 1 is 1.17 bits per heavy atom. The van der Waals surface area contributed by atoms with Crippen molar-refractivity contribution >= 4 is 34.8 Å². The molecule has 29 heavy (non-hydrogen) atoms. The molecular weight excluding hydrogens is 433 g/mol. The molecule has 0 aliphatic carbocycles. The zero-order valence-corrected chi connectivity index (χ0v) is 15.2. The smallest absolute Gasteiger partial charge is 0.434 e. The molecule has 0 saturated carbocycles. The number of carbonyl (C=O) groups excluding carboxylic acids is 1. The second-order valence-corrected chi connectivity index (χ2v) is 6.28. The number of hydrogen-bond acceptors (Lipinski definition) is 8. The predicted octanol–water partition coefficient (Wildman–Crippen LogP) is 4.63. The zero-order valence-electron chi connectivity index (χ0n) is 14.4. The van der Waals surface area contributed by atoms with Crippen molar-refractivity contribution < 1.29 is 41.3 Å². The van der Waals surface area contributed by atoms with Crippen LogP contribution in [0.2, 0.25) is 0 Å². The van der Waals surface area contributed by atoms with Crippen molar-refractivity contribution in [3.63, 3.8) is 0 Å². The first-order valence-electron chi connectivity index (χ1n) is 7.49. The molecule has 0 saturated heterocycles. The maximum atomic E-state index is 13.2. The average Bonchev–Trinajstić information content (AvgIpc) is 2.58. The van der Waals surface area contributed by atoms with E-state index in [4.69, 9.17) is 0 Å². The van der Waals surface area contributed by atoms with Gasteiger partial charge >= 0.3 is 28.8 Å². The fourth-order valence-corrected chi connectivity index (χ4v) is 2.50. The van der Waals surface area contributed by atoms with Crippen LogP contribution in [0.25, 0.3) is 0 Å². The summed E-state index contributed by atoms with van der Waals surface area (Å²) in [7, 11) is 0. The Morgan fingerprint density at radius 3 is 2.10 bits per heavy atom. The van der Waals surface area contributed by atoms with Crippen molar-refractivity contribution in [2.24, 2.45) is 0 Å². The Labute approximate surface area is 163 Å². The number of hydrogen-bond donors (Lipinski definition) is 1. The number of nitrogens with zero attached hydrogens (tertiary/aromatic N) is 2. The molecule has 0 spiro atoms. The minimum atomic E-state index is -5.99. The molecule has 15 heteroatoms. The lowest BCUT2D eigenvalue weighted by Crippen LogP contribution is -2.32. The molecule has 0 aliphatic heterocycles. The molecule has 0 aliphatic rings. The van der Waals surface area contributed by atoms with Crippen molar-refractivity contribution in [1.29, 1.82) is 0 Å². The molecule has 9 nitrogen and oxygen atoms in total. The molecule has 0 radical (unpaired) electrons. The first kappa shape index (κ1) is 24.1. The van der Waals surface area contributed by atoms with Gasteiger partial charge in [-0.3, -0.25) is 20.2 Å². The summed E-state index contributed by atoms with van der Waals surface area (Å²) in [6, 6.07) is 0.615. The van der Waals surface area contributed by atoms with Gasteiger partial charge in [-0.2, -0.15) is 22.0 Å². The number of halogens is 5. The SMILES string of the molecule is CCC=COC(=O)CNc1c([N+](=O)[O-])cc(SC(F)(F)C(F)(F)F)cc1[N+](=O)[O-]. The van der Waals surface area contributed by atoms with Crippen molar-refractivity contribution in [3.8, 4) is 0 Å². The van der Waals surface area contributed by atoms with Gasteiger partial charge in [0.1, 0.15) is 6.54 Å². The average molecular weight is 445 g/mol. The first-order valence-corrected chi connectivity index (χ1v) is 8.30. The molecule has 160 valence electrons. The lowest BCUT2D eigenvalue weighted by Gasteiger charge is -2.18. The third-order valence-electron chi connectivity index (χ3n) is 2.98. The van der Waals surface area contributed by atoms with Gasteiger partial charge in [0.25, 0.3) is 0 Å². The van der Waals surface area contributed by atoms with Crippen LogP contribution in [0.4, 0.5) is 39.0 Å². The number of benzene rings is 1. The van der Waals surface area contributed by atoms with Crippen LogP contribution in [0.15, 0.2) is 29.4 Å². The fourth-order valence-electron chi connectivity index (χ4n) is 1.74. The van der Waals surface area contributed by atoms with Gasteiger partial charge in [0.15, 0.2) is 5.69 Å². The summed E-state index contributed by atoms with van der Waals surface area (Å²) in [6.07, 6.45) is -2.99. The molecule has 1 aromatic rings. The van der Waals surface area contributed by atoms with Crippen LogP contribution >= 0.6 is 11.8 Å². The number of nitrogens with one attached hydrogen (secondary N) is 1. The third kappa shape index (κ3) is 6.55. The lowest BCUT2D eigenvalue weighted by atomic mass is 10.2. The predicted molar refractivity (Wildman–Crippen MR) is 90.6 cm³/mol. The summed E-state index contributed by atoms with van der Waals surface area (Å²) in [4.78, 5) is 30.3. The molecule has 0 heterocycles. The Hall–Kier alpha value is -2.97. The summed E-state index contributed by atoms with van der Waals surface area (Å²) < 4.78 is 68.0. The Kier molecular flexibility index (Phi) is 7.87. The summed E-state index contributed by atoms with van der Waals surface area (Å²) >= 11 is -1.13. The molecule has 1 N–H and O–H groups in total. The van der Waals surface area contributed by atoms with E-state index in [1.807, 2.05) is 0 Å². The maximum absolute atomic E-state index is 13.2. The number of allylic oxidation sites excluding steroid dienone is 1. The van der Waals surface area contributed by atoms with Gasteiger partial charge in [0, 0.05) is 17.0 Å². The van der Waals surface area contributed by atoms with Gasteiger partial charge in [0.2, 0.25) is 0 Å². The molecule has 0 fully saturated rings.